The normalized spacial score (nSPS) is 12.1. The minimum atomic E-state index is -0.853. The largest absolute Gasteiger partial charge is 0.459 e. The summed E-state index contributed by atoms with van der Waals surface area (Å²) < 4.78 is 17.2. The average molecular weight is 394 g/mol. The smallest absolute Gasteiger partial charge is 0.134 e. The lowest BCUT2D eigenvalue weighted by Gasteiger charge is -2.07. The highest BCUT2D eigenvalue weighted by molar-refractivity contribution is 7.83. The molecule has 3 nitrogen and oxygen atoms in total. The van der Waals surface area contributed by atoms with Crippen molar-refractivity contribution in [2.24, 2.45) is 0 Å². The quantitative estimate of drug-likeness (QED) is 0.579. The predicted octanol–water partition coefficient (Wildman–Crippen LogP) is 5.74. The minimum Gasteiger partial charge on any atom is -0.459 e. The van der Waals surface area contributed by atoms with E-state index in [9.17, 15) is 4.21 Å². The van der Waals surface area contributed by atoms with E-state index in [2.05, 4.69) is 5.32 Å². The summed E-state index contributed by atoms with van der Waals surface area (Å²) >= 11 is 12.0. The maximum atomic E-state index is 11.3. The Labute approximate surface area is 159 Å². The van der Waals surface area contributed by atoms with Gasteiger partial charge in [-0.1, -0.05) is 35.3 Å². The number of hydrogen-bond acceptors (Lipinski definition) is 3. The van der Waals surface area contributed by atoms with Crippen molar-refractivity contribution in [2.45, 2.75) is 12.3 Å². The van der Waals surface area contributed by atoms with Crippen LogP contribution in [0.5, 0.6) is 0 Å². The molecule has 0 spiro atoms. The first-order valence-corrected chi connectivity index (χ1v) is 10.2. The van der Waals surface area contributed by atoms with Crippen LogP contribution >= 0.6 is 23.2 Å². The fraction of sp³-hybridized carbons (Fsp3) is 0.158. The van der Waals surface area contributed by atoms with Crippen molar-refractivity contribution in [3.8, 4) is 11.3 Å². The maximum Gasteiger partial charge on any atom is 0.134 e. The van der Waals surface area contributed by atoms with Crippen LogP contribution in [0.15, 0.2) is 59.0 Å². The molecular weight excluding hydrogens is 377 g/mol. The summed E-state index contributed by atoms with van der Waals surface area (Å²) in [7, 11) is -0.853. The van der Waals surface area contributed by atoms with Crippen molar-refractivity contribution in [1.29, 1.82) is 0 Å². The minimum absolute atomic E-state index is 0.500. The van der Waals surface area contributed by atoms with Crippen LogP contribution in [0.3, 0.4) is 0 Å². The second kappa shape index (κ2) is 8.09. The lowest BCUT2D eigenvalue weighted by Crippen LogP contribution is -1.99. The van der Waals surface area contributed by atoms with Crippen LogP contribution in [0.4, 0.5) is 5.69 Å². The van der Waals surface area contributed by atoms with Crippen molar-refractivity contribution < 1.29 is 8.63 Å². The van der Waals surface area contributed by atoms with Gasteiger partial charge in [-0.3, -0.25) is 4.21 Å². The standard InChI is InChI=1S/C19H17Cl2NO2S/c1-25(23)12-13-3-2-4-15(9-13)22-11-16-6-8-19(24-16)14-5-7-17(20)18(21)10-14/h2-10,22H,11-12H2,1H3/t25-/m1/s1. The van der Waals surface area contributed by atoms with Gasteiger partial charge >= 0.3 is 0 Å². The number of furan rings is 1. The molecule has 0 aliphatic carbocycles. The van der Waals surface area contributed by atoms with Crippen LogP contribution < -0.4 is 5.32 Å². The first kappa shape index (κ1) is 18.1. The molecular formula is C19H17Cl2NO2S. The van der Waals surface area contributed by atoms with E-state index in [4.69, 9.17) is 27.6 Å². The van der Waals surface area contributed by atoms with Crippen molar-refractivity contribution in [3.63, 3.8) is 0 Å². The van der Waals surface area contributed by atoms with Gasteiger partial charge in [0, 0.05) is 34.1 Å². The highest BCUT2D eigenvalue weighted by Crippen LogP contribution is 2.29. The third kappa shape index (κ3) is 4.88. The zero-order chi connectivity index (χ0) is 17.8. The van der Waals surface area contributed by atoms with E-state index in [0.29, 0.717) is 22.3 Å². The van der Waals surface area contributed by atoms with Gasteiger partial charge in [0.05, 0.1) is 16.6 Å². The molecule has 0 fully saturated rings. The zero-order valence-electron chi connectivity index (χ0n) is 13.6. The molecule has 0 saturated carbocycles. The summed E-state index contributed by atoms with van der Waals surface area (Å²) in [4.78, 5) is 0. The highest BCUT2D eigenvalue weighted by atomic mass is 35.5. The molecule has 25 heavy (non-hydrogen) atoms. The molecule has 6 heteroatoms. The summed E-state index contributed by atoms with van der Waals surface area (Å²) in [6.07, 6.45) is 1.70. The molecule has 0 radical (unpaired) electrons. The van der Waals surface area contributed by atoms with E-state index >= 15 is 0 Å². The van der Waals surface area contributed by atoms with E-state index in [-0.39, 0.29) is 0 Å². The summed E-state index contributed by atoms with van der Waals surface area (Å²) in [5.41, 5.74) is 2.89. The predicted molar refractivity (Wildman–Crippen MR) is 106 cm³/mol. The number of hydrogen-bond donors (Lipinski definition) is 1. The third-order valence-electron chi connectivity index (χ3n) is 3.63. The van der Waals surface area contributed by atoms with Crippen LogP contribution in [0.1, 0.15) is 11.3 Å². The summed E-state index contributed by atoms with van der Waals surface area (Å²) in [5.74, 6) is 2.11. The second-order valence-electron chi connectivity index (χ2n) is 5.67. The topological polar surface area (TPSA) is 42.2 Å². The van der Waals surface area contributed by atoms with Crippen molar-refractivity contribution in [1.82, 2.24) is 0 Å². The van der Waals surface area contributed by atoms with Gasteiger partial charge in [-0.15, -0.1) is 0 Å². The van der Waals surface area contributed by atoms with Gasteiger partial charge in [0.2, 0.25) is 0 Å². The van der Waals surface area contributed by atoms with Gasteiger partial charge in [-0.25, -0.2) is 0 Å². The monoisotopic (exact) mass is 393 g/mol. The molecule has 1 atom stereocenters. The summed E-state index contributed by atoms with van der Waals surface area (Å²) in [6, 6.07) is 17.2. The summed E-state index contributed by atoms with van der Waals surface area (Å²) in [6.45, 7) is 0.556. The SMILES string of the molecule is C[S@@](=O)Cc1cccc(NCc2ccc(-c3ccc(Cl)c(Cl)c3)o2)c1. The molecule has 0 saturated heterocycles. The van der Waals surface area contributed by atoms with Crippen LogP contribution in [0, 0.1) is 0 Å². The van der Waals surface area contributed by atoms with Crippen LogP contribution in [0.25, 0.3) is 11.3 Å². The number of benzene rings is 2. The van der Waals surface area contributed by atoms with E-state index in [1.165, 1.54) is 0 Å². The Morgan fingerprint density at radius 1 is 1.04 bits per heavy atom. The number of nitrogens with one attached hydrogen (secondary N) is 1. The molecule has 2 aromatic carbocycles. The molecule has 0 aliphatic heterocycles. The molecule has 3 aromatic rings. The van der Waals surface area contributed by atoms with Gasteiger partial charge in [0.1, 0.15) is 11.5 Å². The Kier molecular flexibility index (Phi) is 5.84. The average Bonchev–Trinajstić information content (AvgIpc) is 3.04. The maximum absolute atomic E-state index is 11.3. The van der Waals surface area contributed by atoms with Crippen LogP contribution in [-0.2, 0) is 23.1 Å². The Morgan fingerprint density at radius 3 is 2.64 bits per heavy atom. The highest BCUT2D eigenvalue weighted by Gasteiger charge is 2.07. The van der Waals surface area contributed by atoms with E-state index in [1.807, 2.05) is 42.5 Å². The number of halogens is 2. The third-order valence-corrected chi connectivity index (χ3v) is 5.11. The molecule has 0 amide bonds. The molecule has 0 aliphatic rings. The molecule has 130 valence electrons. The van der Waals surface area contributed by atoms with Gasteiger partial charge in [-0.2, -0.15) is 0 Å². The molecule has 1 aromatic heterocycles. The van der Waals surface area contributed by atoms with Crippen molar-refractivity contribution in [2.75, 3.05) is 11.6 Å². The van der Waals surface area contributed by atoms with Gasteiger partial charge < -0.3 is 9.73 Å². The first-order chi connectivity index (χ1) is 12.0. The van der Waals surface area contributed by atoms with Gasteiger partial charge in [-0.05, 0) is 48.0 Å². The number of anilines is 1. The Balaban J connectivity index is 1.67. The van der Waals surface area contributed by atoms with Crippen molar-refractivity contribution >= 4 is 39.7 Å². The lowest BCUT2D eigenvalue weighted by atomic mass is 10.2. The number of rotatable bonds is 6. The van der Waals surface area contributed by atoms with E-state index in [1.54, 1.807) is 18.4 Å². The Hall–Kier alpha value is -1.75. The fourth-order valence-electron chi connectivity index (χ4n) is 2.47. The Morgan fingerprint density at radius 2 is 1.88 bits per heavy atom. The molecule has 1 heterocycles. The van der Waals surface area contributed by atoms with Crippen LogP contribution in [-0.4, -0.2) is 10.5 Å². The first-order valence-electron chi connectivity index (χ1n) is 7.68. The molecule has 1 N–H and O–H groups in total. The van der Waals surface area contributed by atoms with E-state index in [0.717, 1.165) is 28.3 Å². The second-order valence-corrected chi connectivity index (χ2v) is 7.92. The molecule has 0 unspecified atom stereocenters. The van der Waals surface area contributed by atoms with Gasteiger partial charge in [0.25, 0.3) is 0 Å². The van der Waals surface area contributed by atoms with Crippen LogP contribution in [0.2, 0.25) is 10.0 Å². The van der Waals surface area contributed by atoms with Gasteiger partial charge in [0.15, 0.2) is 0 Å². The summed E-state index contributed by atoms with van der Waals surface area (Å²) in [5, 5.41) is 4.34. The Bertz CT molecular complexity index is 908. The molecule has 3 rings (SSSR count). The fourth-order valence-corrected chi connectivity index (χ4v) is 3.42. The lowest BCUT2D eigenvalue weighted by molar-refractivity contribution is 0.531. The van der Waals surface area contributed by atoms with Crippen molar-refractivity contribution in [3.05, 3.63) is 76.0 Å². The van der Waals surface area contributed by atoms with E-state index < -0.39 is 10.8 Å². The zero-order valence-corrected chi connectivity index (χ0v) is 15.9. The molecule has 0 bridgehead atoms.